The summed E-state index contributed by atoms with van der Waals surface area (Å²) < 4.78 is 0. The second kappa shape index (κ2) is 9.76. The van der Waals surface area contributed by atoms with Crippen LogP contribution in [-0.4, -0.2) is 41.3 Å². The molecule has 2 rings (SSSR count). The van der Waals surface area contributed by atoms with E-state index in [1.165, 1.54) is 0 Å². The first-order chi connectivity index (χ1) is 9.22. The molecule has 0 aliphatic carbocycles. The fourth-order valence-corrected chi connectivity index (χ4v) is 2.33. The van der Waals surface area contributed by atoms with Gasteiger partial charge in [-0.2, -0.15) is 5.10 Å². The van der Waals surface area contributed by atoms with Crippen molar-refractivity contribution in [3.8, 4) is 0 Å². The van der Waals surface area contributed by atoms with Crippen LogP contribution in [0.3, 0.4) is 0 Å². The Bertz CT molecular complexity index is 420. The highest BCUT2D eigenvalue weighted by atomic mass is 35.5. The van der Waals surface area contributed by atoms with Gasteiger partial charge in [-0.1, -0.05) is 6.92 Å². The van der Waals surface area contributed by atoms with Crippen LogP contribution in [-0.2, 0) is 4.79 Å². The third-order valence-corrected chi connectivity index (χ3v) is 3.52. The quantitative estimate of drug-likeness (QED) is 0.842. The molecule has 1 unspecified atom stereocenters. The van der Waals surface area contributed by atoms with Crippen LogP contribution in [0.15, 0.2) is 18.3 Å². The molecule has 1 aliphatic heterocycles. The number of halogens is 2. The van der Waals surface area contributed by atoms with Crippen LogP contribution in [0, 0.1) is 0 Å². The number of carbonyl (C=O) groups is 1. The van der Waals surface area contributed by atoms with Crippen LogP contribution in [0.5, 0.6) is 0 Å². The summed E-state index contributed by atoms with van der Waals surface area (Å²) >= 11 is 0. The number of hydrogen-bond donors (Lipinski definition) is 2. The van der Waals surface area contributed by atoms with E-state index in [-0.39, 0.29) is 36.8 Å². The monoisotopic (exact) mass is 335 g/mol. The second-order valence-electron chi connectivity index (χ2n) is 4.83. The number of anilines is 1. The van der Waals surface area contributed by atoms with Crippen molar-refractivity contribution in [1.82, 2.24) is 15.5 Å². The molecule has 0 aromatic carbocycles. The average molecular weight is 336 g/mol. The van der Waals surface area contributed by atoms with Crippen molar-refractivity contribution >= 4 is 36.5 Å². The first-order valence-corrected chi connectivity index (χ1v) is 6.80. The van der Waals surface area contributed by atoms with Crippen molar-refractivity contribution in [1.29, 1.82) is 0 Å². The van der Waals surface area contributed by atoms with Crippen molar-refractivity contribution in [2.75, 3.05) is 18.0 Å². The van der Waals surface area contributed by atoms with Crippen LogP contribution >= 0.6 is 24.8 Å². The molecule has 2 atom stereocenters. The Labute approximate surface area is 137 Å². The van der Waals surface area contributed by atoms with Crippen molar-refractivity contribution in [3.63, 3.8) is 0 Å². The van der Waals surface area contributed by atoms with E-state index in [2.05, 4.69) is 20.4 Å². The average Bonchev–Trinajstić information content (AvgIpc) is 2.93. The maximum absolute atomic E-state index is 11.7. The zero-order chi connectivity index (χ0) is 13.7. The lowest BCUT2D eigenvalue weighted by molar-refractivity contribution is -0.122. The highest BCUT2D eigenvalue weighted by molar-refractivity contribution is 5.85. The summed E-state index contributed by atoms with van der Waals surface area (Å²) in [5.41, 5.74) is 5.70. The Morgan fingerprint density at radius 2 is 2.33 bits per heavy atom. The Balaban J connectivity index is 0.00000200. The number of carbonyl (C=O) groups excluding carboxylic acids is 1. The van der Waals surface area contributed by atoms with E-state index in [0.29, 0.717) is 13.0 Å². The number of aromatic nitrogens is 2. The fourth-order valence-electron chi connectivity index (χ4n) is 2.33. The molecule has 0 spiro atoms. The zero-order valence-corrected chi connectivity index (χ0v) is 13.7. The Morgan fingerprint density at radius 3 is 2.95 bits per heavy atom. The van der Waals surface area contributed by atoms with E-state index in [1.54, 1.807) is 6.20 Å². The molecular weight excluding hydrogens is 313 g/mol. The molecule has 1 aromatic rings. The van der Waals surface area contributed by atoms with Gasteiger partial charge in [0.1, 0.15) is 0 Å². The Kier molecular flexibility index (Phi) is 9.24. The Morgan fingerprint density at radius 1 is 1.57 bits per heavy atom. The lowest BCUT2D eigenvalue weighted by Crippen LogP contribution is -2.46. The maximum Gasteiger partial charge on any atom is 0.236 e. The molecule has 21 heavy (non-hydrogen) atoms. The number of nitrogens with two attached hydrogens (primary N) is 1. The van der Waals surface area contributed by atoms with Gasteiger partial charge >= 0.3 is 0 Å². The first-order valence-electron chi connectivity index (χ1n) is 6.80. The minimum Gasteiger partial charge on any atom is -0.353 e. The predicted molar refractivity (Wildman–Crippen MR) is 88.2 cm³/mol. The molecule has 1 aromatic heterocycles. The molecule has 1 aliphatic rings. The first kappa shape index (κ1) is 19.9. The van der Waals surface area contributed by atoms with E-state index >= 15 is 0 Å². The largest absolute Gasteiger partial charge is 0.353 e. The normalized spacial score (nSPS) is 18.4. The SMILES string of the molecule is CC[C@H](N)C(=O)NCC1CCCN1c1cccnn1.Cl.Cl. The third-order valence-electron chi connectivity index (χ3n) is 3.52. The molecule has 0 bridgehead atoms. The standard InChI is InChI=1S/C13H21N5O.2ClH/c1-2-11(14)13(19)15-9-10-5-4-8-18(10)12-6-3-7-16-17-12;;/h3,6-7,10-11H,2,4-5,8-9,14H2,1H3,(H,15,19);2*1H/t10?,11-;;/m0../s1. The van der Waals surface area contributed by atoms with Crippen molar-refractivity contribution in [3.05, 3.63) is 18.3 Å². The molecule has 3 N–H and O–H groups in total. The van der Waals surface area contributed by atoms with Crippen LogP contribution in [0.4, 0.5) is 5.82 Å². The minimum atomic E-state index is -0.411. The van der Waals surface area contributed by atoms with E-state index < -0.39 is 6.04 Å². The van der Waals surface area contributed by atoms with E-state index in [9.17, 15) is 4.79 Å². The molecule has 0 saturated carbocycles. The summed E-state index contributed by atoms with van der Waals surface area (Å²) in [7, 11) is 0. The number of rotatable bonds is 5. The van der Waals surface area contributed by atoms with Crippen LogP contribution in [0.2, 0.25) is 0 Å². The molecule has 1 fully saturated rings. The van der Waals surface area contributed by atoms with Crippen LogP contribution in [0.1, 0.15) is 26.2 Å². The highest BCUT2D eigenvalue weighted by Crippen LogP contribution is 2.22. The summed E-state index contributed by atoms with van der Waals surface area (Å²) in [4.78, 5) is 13.9. The van der Waals surface area contributed by atoms with Gasteiger partial charge in [-0.15, -0.1) is 29.9 Å². The lowest BCUT2D eigenvalue weighted by Gasteiger charge is -2.25. The van der Waals surface area contributed by atoms with Gasteiger partial charge < -0.3 is 16.0 Å². The number of nitrogens with one attached hydrogen (secondary N) is 1. The van der Waals surface area contributed by atoms with Gasteiger partial charge in [0.25, 0.3) is 0 Å². The maximum atomic E-state index is 11.7. The van der Waals surface area contributed by atoms with Gasteiger partial charge in [-0.25, -0.2) is 0 Å². The zero-order valence-electron chi connectivity index (χ0n) is 12.1. The molecule has 1 amide bonds. The smallest absolute Gasteiger partial charge is 0.236 e. The third kappa shape index (κ3) is 5.30. The number of amides is 1. The summed E-state index contributed by atoms with van der Waals surface area (Å²) in [6.07, 6.45) is 4.48. The molecule has 1 saturated heterocycles. The molecular formula is C13H23Cl2N5O. The van der Waals surface area contributed by atoms with Crippen LogP contribution in [0.25, 0.3) is 0 Å². The van der Waals surface area contributed by atoms with Gasteiger partial charge in [0.15, 0.2) is 5.82 Å². The van der Waals surface area contributed by atoms with Crippen molar-refractivity contribution in [2.24, 2.45) is 5.73 Å². The second-order valence-corrected chi connectivity index (χ2v) is 4.83. The van der Waals surface area contributed by atoms with E-state index in [0.717, 1.165) is 25.2 Å². The molecule has 0 radical (unpaired) electrons. The highest BCUT2D eigenvalue weighted by Gasteiger charge is 2.26. The van der Waals surface area contributed by atoms with Gasteiger partial charge in [-0.3, -0.25) is 4.79 Å². The van der Waals surface area contributed by atoms with Crippen molar-refractivity contribution < 1.29 is 4.79 Å². The molecule has 6 nitrogen and oxygen atoms in total. The summed E-state index contributed by atoms with van der Waals surface area (Å²) in [5.74, 6) is 0.799. The fraction of sp³-hybridized carbons (Fsp3) is 0.615. The van der Waals surface area contributed by atoms with Gasteiger partial charge in [0, 0.05) is 25.3 Å². The number of hydrogen-bond acceptors (Lipinski definition) is 5. The van der Waals surface area contributed by atoms with E-state index in [1.807, 2.05) is 19.1 Å². The van der Waals surface area contributed by atoms with E-state index in [4.69, 9.17) is 5.73 Å². The summed E-state index contributed by atoms with van der Waals surface area (Å²) in [6, 6.07) is 3.70. The predicted octanol–water partition coefficient (Wildman–Crippen LogP) is 1.14. The lowest BCUT2D eigenvalue weighted by atomic mass is 10.2. The molecule has 2 heterocycles. The Hall–Kier alpha value is -1.11. The molecule has 120 valence electrons. The minimum absolute atomic E-state index is 0. The van der Waals surface area contributed by atoms with Gasteiger partial charge in [-0.05, 0) is 31.4 Å². The van der Waals surface area contributed by atoms with Crippen molar-refractivity contribution in [2.45, 2.75) is 38.3 Å². The molecule has 8 heteroatoms. The topological polar surface area (TPSA) is 84.1 Å². The number of nitrogens with zero attached hydrogens (tertiary/aromatic N) is 3. The summed E-state index contributed by atoms with van der Waals surface area (Å²) in [5, 5.41) is 11.0. The summed E-state index contributed by atoms with van der Waals surface area (Å²) in [6.45, 7) is 3.48. The van der Waals surface area contributed by atoms with Crippen LogP contribution < -0.4 is 16.0 Å². The van der Waals surface area contributed by atoms with Gasteiger partial charge in [0.2, 0.25) is 5.91 Å². The van der Waals surface area contributed by atoms with Gasteiger partial charge in [0.05, 0.1) is 6.04 Å².